The molecule has 6 heteroatoms. The molecule has 0 radical (unpaired) electrons. The number of anilines is 3. The molecule has 6 nitrogen and oxygen atoms in total. The Hall–Kier alpha value is -8.06. The zero-order valence-corrected chi connectivity index (χ0v) is 29.9. The van der Waals surface area contributed by atoms with Crippen LogP contribution in [-0.4, -0.2) is 9.13 Å². The number of fused-ring (bicyclic) bond motifs is 10. The normalized spacial score (nSPS) is 11.5. The zero-order chi connectivity index (χ0) is 37.3. The van der Waals surface area contributed by atoms with Gasteiger partial charge in [-0.3, -0.25) is 0 Å². The number of nitriles is 2. The molecule has 3 aromatic heterocycles. The van der Waals surface area contributed by atoms with Crippen molar-refractivity contribution in [3.05, 3.63) is 187 Å². The van der Waals surface area contributed by atoms with E-state index in [1.807, 2.05) is 91.0 Å². The average Bonchev–Trinajstić information content (AvgIpc) is 3.91. The number of hydrogen-bond donors (Lipinski definition) is 0. The van der Waals surface area contributed by atoms with Gasteiger partial charge in [-0.2, -0.15) is 10.5 Å². The van der Waals surface area contributed by atoms with Crippen LogP contribution in [0.1, 0.15) is 11.1 Å². The van der Waals surface area contributed by atoms with E-state index in [4.69, 9.17) is 4.42 Å². The SMILES string of the molecule is N#Cc1cc(-n2c3ccc(N(c4ccccc4)c4ccccc4)cc3c3c4oc5ccccc5c4ccc32)c(C#N)cc1-n1c2ccccc2c2ccccc21. The van der Waals surface area contributed by atoms with E-state index in [1.54, 1.807) is 0 Å². The minimum Gasteiger partial charge on any atom is -0.455 e. The first-order chi connectivity index (χ1) is 27.7. The average molecular weight is 716 g/mol. The number of nitrogens with zero attached hydrogens (tertiary/aromatic N) is 5. The highest BCUT2D eigenvalue weighted by atomic mass is 16.3. The maximum absolute atomic E-state index is 10.9. The lowest BCUT2D eigenvalue weighted by molar-refractivity contribution is 0.673. The molecule has 0 saturated carbocycles. The van der Waals surface area contributed by atoms with Crippen LogP contribution in [0.3, 0.4) is 0 Å². The van der Waals surface area contributed by atoms with Crippen LogP contribution >= 0.6 is 0 Å². The van der Waals surface area contributed by atoms with Crippen molar-refractivity contribution in [3.63, 3.8) is 0 Å². The van der Waals surface area contributed by atoms with Crippen LogP contribution in [0, 0.1) is 22.7 Å². The Bertz CT molecular complexity index is 3360. The third-order valence-electron chi connectivity index (χ3n) is 11.0. The van der Waals surface area contributed by atoms with Gasteiger partial charge in [-0.05, 0) is 84.9 Å². The van der Waals surface area contributed by atoms with E-state index in [0.717, 1.165) is 82.6 Å². The molecule has 260 valence electrons. The lowest BCUT2D eigenvalue weighted by atomic mass is 10.1. The van der Waals surface area contributed by atoms with Crippen molar-refractivity contribution in [2.24, 2.45) is 0 Å². The van der Waals surface area contributed by atoms with Crippen LogP contribution < -0.4 is 4.90 Å². The molecule has 0 N–H and O–H groups in total. The van der Waals surface area contributed by atoms with Gasteiger partial charge in [0.2, 0.25) is 0 Å². The van der Waals surface area contributed by atoms with Crippen LogP contribution in [0.15, 0.2) is 180 Å². The lowest BCUT2D eigenvalue weighted by Gasteiger charge is -2.25. The summed E-state index contributed by atoms with van der Waals surface area (Å²) in [6, 6.07) is 64.6. The van der Waals surface area contributed by atoms with E-state index in [2.05, 4.69) is 111 Å². The number of hydrogen-bond acceptors (Lipinski definition) is 4. The number of aromatic nitrogens is 2. The summed E-state index contributed by atoms with van der Waals surface area (Å²) in [5.74, 6) is 0. The molecule has 3 heterocycles. The Morgan fingerprint density at radius 3 is 1.52 bits per heavy atom. The number of para-hydroxylation sites is 5. The first kappa shape index (κ1) is 31.5. The van der Waals surface area contributed by atoms with Crippen LogP contribution in [-0.2, 0) is 0 Å². The fourth-order valence-corrected chi connectivity index (χ4v) is 8.58. The molecule has 11 aromatic rings. The Morgan fingerprint density at radius 2 is 0.911 bits per heavy atom. The molecule has 56 heavy (non-hydrogen) atoms. The highest BCUT2D eigenvalue weighted by Gasteiger charge is 2.24. The number of benzene rings is 8. The molecular weight excluding hydrogens is 687 g/mol. The summed E-state index contributed by atoms with van der Waals surface area (Å²) in [6.07, 6.45) is 0. The standard InChI is InChI=1S/C50H29N5O/c51-30-32-28-47(33(31-52)27-46(32)54-42-20-10-7-17-37(42)38-18-8-11-21-43(38)54)55-44-25-23-36(53(34-13-3-1-4-14-34)35-15-5-2-6-16-35)29-41(44)49-45(55)26-24-40-39-19-9-12-22-48(39)56-50(40)49/h1-29H. The Morgan fingerprint density at radius 1 is 0.411 bits per heavy atom. The maximum atomic E-state index is 10.9. The minimum absolute atomic E-state index is 0.448. The van der Waals surface area contributed by atoms with Gasteiger partial charge in [0.15, 0.2) is 0 Å². The Kier molecular flexibility index (Phi) is 6.88. The molecule has 0 aliphatic heterocycles. The molecule has 0 aliphatic rings. The summed E-state index contributed by atoms with van der Waals surface area (Å²) < 4.78 is 10.9. The van der Waals surface area contributed by atoms with Crippen molar-refractivity contribution >= 4 is 82.6 Å². The fraction of sp³-hybridized carbons (Fsp3) is 0. The van der Waals surface area contributed by atoms with Crippen LogP contribution in [0.4, 0.5) is 17.1 Å². The van der Waals surface area contributed by atoms with E-state index < -0.39 is 0 Å². The molecule has 0 aliphatic carbocycles. The first-order valence-electron chi connectivity index (χ1n) is 18.5. The van der Waals surface area contributed by atoms with Gasteiger partial charge in [-0.15, -0.1) is 0 Å². The Labute approximate surface area is 321 Å². The molecule has 0 unspecified atom stereocenters. The molecule has 0 amide bonds. The summed E-state index contributed by atoms with van der Waals surface area (Å²) in [6.45, 7) is 0. The van der Waals surface area contributed by atoms with Crippen LogP contribution in [0.5, 0.6) is 0 Å². The molecular formula is C50H29N5O. The quantitative estimate of drug-likeness (QED) is 0.178. The van der Waals surface area contributed by atoms with Crippen LogP contribution in [0.25, 0.3) is 76.9 Å². The smallest absolute Gasteiger partial charge is 0.145 e. The monoisotopic (exact) mass is 715 g/mol. The maximum Gasteiger partial charge on any atom is 0.145 e. The van der Waals surface area contributed by atoms with Gasteiger partial charge in [0.05, 0.1) is 50.0 Å². The number of rotatable bonds is 5. The highest BCUT2D eigenvalue weighted by Crippen LogP contribution is 2.44. The second-order valence-corrected chi connectivity index (χ2v) is 14.0. The van der Waals surface area contributed by atoms with Gasteiger partial charge in [-0.25, -0.2) is 0 Å². The lowest BCUT2D eigenvalue weighted by Crippen LogP contribution is -2.09. The molecule has 0 bridgehead atoms. The summed E-state index contributed by atoms with van der Waals surface area (Å²) in [5.41, 5.74) is 10.5. The first-order valence-corrected chi connectivity index (χ1v) is 18.5. The molecule has 0 fully saturated rings. The minimum atomic E-state index is 0.448. The Balaban J connectivity index is 1.22. The van der Waals surface area contributed by atoms with Crippen LogP contribution in [0.2, 0.25) is 0 Å². The predicted molar refractivity (Wildman–Crippen MR) is 227 cm³/mol. The van der Waals surface area contributed by atoms with Crippen molar-refractivity contribution in [1.82, 2.24) is 9.13 Å². The van der Waals surface area contributed by atoms with Crippen molar-refractivity contribution in [2.75, 3.05) is 4.90 Å². The molecule has 0 spiro atoms. The molecule has 8 aromatic carbocycles. The molecule has 0 saturated heterocycles. The second-order valence-electron chi connectivity index (χ2n) is 14.0. The van der Waals surface area contributed by atoms with Gasteiger partial charge in [0.25, 0.3) is 0 Å². The second kappa shape index (κ2) is 12.2. The third kappa shape index (κ3) is 4.54. The summed E-state index contributed by atoms with van der Waals surface area (Å²) >= 11 is 0. The summed E-state index contributed by atoms with van der Waals surface area (Å²) in [7, 11) is 0. The van der Waals surface area contributed by atoms with Gasteiger partial charge in [0, 0.05) is 44.0 Å². The largest absolute Gasteiger partial charge is 0.455 e. The molecule has 0 atom stereocenters. The van der Waals surface area contributed by atoms with E-state index in [1.165, 1.54) is 0 Å². The summed E-state index contributed by atoms with van der Waals surface area (Å²) in [4.78, 5) is 2.25. The van der Waals surface area contributed by atoms with Crippen molar-refractivity contribution in [2.45, 2.75) is 0 Å². The van der Waals surface area contributed by atoms with Crippen molar-refractivity contribution in [3.8, 4) is 23.5 Å². The molecule has 11 rings (SSSR count). The van der Waals surface area contributed by atoms with Crippen molar-refractivity contribution < 1.29 is 4.42 Å². The van der Waals surface area contributed by atoms with Gasteiger partial charge < -0.3 is 18.5 Å². The van der Waals surface area contributed by atoms with Gasteiger partial charge >= 0.3 is 0 Å². The summed E-state index contributed by atoms with van der Waals surface area (Å²) in [5, 5.41) is 27.9. The zero-order valence-electron chi connectivity index (χ0n) is 29.9. The highest BCUT2D eigenvalue weighted by molar-refractivity contribution is 6.24. The third-order valence-corrected chi connectivity index (χ3v) is 11.0. The van der Waals surface area contributed by atoms with Gasteiger partial charge in [0.1, 0.15) is 23.3 Å². The van der Waals surface area contributed by atoms with E-state index >= 15 is 0 Å². The fourth-order valence-electron chi connectivity index (χ4n) is 8.58. The predicted octanol–water partition coefficient (Wildman–Crippen LogP) is 13.0. The van der Waals surface area contributed by atoms with E-state index in [0.29, 0.717) is 22.5 Å². The number of furan rings is 1. The van der Waals surface area contributed by atoms with Gasteiger partial charge in [-0.1, -0.05) is 91.0 Å². The van der Waals surface area contributed by atoms with Crippen molar-refractivity contribution in [1.29, 1.82) is 10.5 Å². The van der Waals surface area contributed by atoms with E-state index in [-0.39, 0.29) is 0 Å². The van der Waals surface area contributed by atoms with E-state index in [9.17, 15) is 10.5 Å². The topological polar surface area (TPSA) is 73.8 Å².